The molecule has 0 aliphatic rings. The van der Waals surface area contributed by atoms with E-state index < -0.39 is 16.9 Å². The Hall–Kier alpha value is -3.13. The molecule has 1 atom stereocenters. The predicted octanol–water partition coefficient (Wildman–Crippen LogP) is 3.69. The molecule has 2 rings (SSSR count). The van der Waals surface area contributed by atoms with Gasteiger partial charge in [0.2, 0.25) is 11.7 Å². The average molecular weight is 406 g/mol. The van der Waals surface area contributed by atoms with E-state index >= 15 is 0 Å². The van der Waals surface area contributed by atoms with Gasteiger partial charge in [-0.2, -0.15) is 0 Å². The molecule has 9 heteroatoms. The number of amides is 2. The lowest BCUT2D eigenvalue weighted by molar-refractivity contribution is -0.385. The fourth-order valence-electron chi connectivity index (χ4n) is 2.27. The van der Waals surface area contributed by atoms with Gasteiger partial charge in [0.05, 0.1) is 4.92 Å². The van der Waals surface area contributed by atoms with Crippen LogP contribution < -0.4 is 15.4 Å². The minimum Gasteiger partial charge on any atom is -0.450 e. The van der Waals surface area contributed by atoms with Crippen LogP contribution in [-0.4, -0.2) is 29.3 Å². The smallest absolute Gasteiger partial charge is 0.313 e. The summed E-state index contributed by atoms with van der Waals surface area (Å²) in [6.07, 6.45) is 0.805. The molecule has 0 aromatic heterocycles. The van der Waals surface area contributed by atoms with Crippen molar-refractivity contribution in [1.82, 2.24) is 10.6 Å². The minimum atomic E-state index is -0.674. The maximum atomic E-state index is 12.2. The van der Waals surface area contributed by atoms with Crippen molar-refractivity contribution in [2.75, 3.05) is 6.54 Å². The second-order valence-electron chi connectivity index (χ2n) is 5.98. The predicted molar refractivity (Wildman–Crippen MR) is 105 cm³/mol. The molecule has 0 heterocycles. The fourth-order valence-corrected chi connectivity index (χ4v) is 2.43. The largest absolute Gasteiger partial charge is 0.450 e. The van der Waals surface area contributed by atoms with Crippen LogP contribution in [0.1, 0.15) is 30.6 Å². The number of hydrogen-bond acceptors (Lipinski definition) is 5. The zero-order valence-corrected chi connectivity index (χ0v) is 16.2. The van der Waals surface area contributed by atoms with Gasteiger partial charge in [-0.1, -0.05) is 18.5 Å². The van der Waals surface area contributed by atoms with Gasteiger partial charge in [0.1, 0.15) is 11.8 Å². The number of carbonyl (C=O) groups excluding carboxylic acids is 2. The Kier molecular flexibility index (Phi) is 7.34. The Bertz CT molecular complexity index is 870. The molecule has 0 radical (unpaired) electrons. The summed E-state index contributed by atoms with van der Waals surface area (Å²) in [4.78, 5) is 34.6. The molecule has 28 heavy (non-hydrogen) atoms. The molecule has 0 aliphatic carbocycles. The monoisotopic (exact) mass is 405 g/mol. The molecule has 2 aromatic carbocycles. The number of nitrogens with zero attached hydrogens (tertiary/aromatic N) is 1. The van der Waals surface area contributed by atoms with Crippen LogP contribution in [0.4, 0.5) is 5.69 Å². The summed E-state index contributed by atoms with van der Waals surface area (Å²) in [6.45, 7) is 4.08. The van der Waals surface area contributed by atoms with Gasteiger partial charge in [0.25, 0.3) is 5.91 Å². The highest BCUT2D eigenvalue weighted by Gasteiger charge is 2.18. The molecule has 0 saturated heterocycles. The van der Waals surface area contributed by atoms with E-state index in [0.717, 1.165) is 6.42 Å². The highest BCUT2D eigenvalue weighted by molar-refractivity contribution is 6.30. The molecule has 0 saturated carbocycles. The third-order valence-electron chi connectivity index (χ3n) is 3.75. The number of benzene rings is 2. The van der Waals surface area contributed by atoms with E-state index in [0.29, 0.717) is 17.9 Å². The van der Waals surface area contributed by atoms with Crippen molar-refractivity contribution in [1.29, 1.82) is 0 Å². The highest BCUT2D eigenvalue weighted by Crippen LogP contribution is 2.33. The normalized spacial score (nSPS) is 11.4. The molecule has 2 N–H and O–H groups in total. The lowest BCUT2D eigenvalue weighted by atomic mass is 10.2. The van der Waals surface area contributed by atoms with E-state index in [1.165, 1.54) is 42.5 Å². The third-order valence-corrected chi connectivity index (χ3v) is 3.99. The summed E-state index contributed by atoms with van der Waals surface area (Å²) in [5.41, 5.74) is 0.0642. The summed E-state index contributed by atoms with van der Waals surface area (Å²) in [5.74, 6) is -0.322. The van der Waals surface area contributed by atoms with Crippen molar-refractivity contribution in [3.8, 4) is 11.5 Å². The van der Waals surface area contributed by atoms with Crippen molar-refractivity contribution in [2.24, 2.45) is 0 Å². The van der Waals surface area contributed by atoms with Gasteiger partial charge in [-0.15, -0.1) is 0 Å². The van der Waals surface area contributed by atoms with Gasteiger partial charge in [0.15, 0.2) is 0 Å². The van der Waals surface area contributed by atoms with Crippen LogP contribution in [0.2, 0.25) is 5.02 Å². The van der Waals surface area contributed by atoms with E-state index in [9.17, 15) is 19.7 Å². The minimum absolute atomic E-state index is 0.0350. The maximum absolute atomic E-state index is 12.2. The van der Waals surface area contributed by atoms with Crippen molar-refractivity contribution in [3.05, 3.63) is 63.2 Å². The first-order valence-corrected chi connectivity index (χ1v) is 9.00. The molecule has 0 bridgehead atoms. The number of nitro groups is 1. The van der Waals surface area contributed by atoms with Gasteiger partial charge in [0, 0.05) is 23.2 Å². The van der Waals surface area contributed by atoms with Crippen molar-refractivity contribution in [2.45, 2.75) is 26.3 Å². The van der Waals surface area contributed by atoms with Gasteiger partial charge in [-0.25, -0.2) is 0 Å². The molecule has 0 unspecified atom stereocenters. The second-order valence-corrected chi connectivity index (χ2v) is 6.42. The highest BCUT2D eigenvalue weighted by atomic mass is 35.5. The van der Waals surface area contributed by atoms with Crippen molar-refractivity contribution >= 4 is 29.1 Å². The summed E-state index contributed by atoms with van der Waals surface area (Å²) in [7, 11) is 0. The topological polar surface area (TPSA) is 111 Å². The van der Waals surface area contributed by atoms with Crippen LogP contribution in [0, 0.1) is 10.1 Å². The lowest BCUT2D eigenvalue weighted by Gasteiger charge is -2.14. The Morgan fingerprint density at radius 3 is 2.50 bits per heavy atom. The number of halogens is 1. The molecule has 2 amide bonds. The second kappa shape index (κ2) is 9.70. The van der Waals surface area contributed by atoms with Crippen LogP contribution in [-0.2, 0) is 4.79 Å². The van der Waals surface area contributed by atoms with Gasteiger partial charge in [-0.3, -0.25) is 19.7 Å². The summed E-state index contributed by atoms with van der Waals surface area (Å²) in [5, 5.41) is 16.7. The number of ether oxygens (including phenoxy) is 1. The van der Waals surface area contributed by atoms with E-state index in [4.69, 9.17) is 16.3 Å². The van der Waals surface area contributed by atoms with E-state index in [2.05, 4.69) is 10.6 Å². The SMILES string of the molecule is CCCNC(=O)[C@H](C)NC(=O)c1ccc(Oc2ccc(Cl)cc2[N+](=O)[O-])cc1. The quantitative estimate of drug-likeness (QED) is 0.514. The summed E-state index contributed by atoms with van der Waals surface area (Å²) < 4.78 is 5.53. The summed E-state index contributed by atoms with van der Waals surface area (Å²) in [6, 6.07) is 9.43. The van der Waals surface area contributed by atoms with Gasteiger partial charge >= 0.3 is 5.69 Å². The molecule has 8 nitrogen and oxygen atoms in total. The Balaban J connectivity index is 2.05. The number of nitrogens with one attached hydrogen (secondary N) is 2. The van der Waals surface area contributed by atoms with E-state index in [1.807, 2.05) is 6.92 Å². The Morgan fingerprint density at radius 1 is 1.21 bits per heavy atom. The molecule has 0 fully saturated rings. The number of rotatable bonds is 8. The van der Waals surface area contributed by atoms with Crippen LogP contribution in [0.15, 0.2) is 42.5 Å². The van der Waals surface area contributed by atoms with Gasteiger partial charge in [-0.05, 0) is 49.7 Å². The number of nitro benzene ring substituents is 1. The lowest BCUT2D eigenvalue weighted by Crippen LogP contribution is -2.44. The molecule has 0 aliphatic heterocycles. The molecule has 2 aromatic rings. The Labute approximate surface area is 167 Å². The van der Waals surface area contributed by atoms with Crippen LogP contribution in [0.5, 0.6) is 11.5 Å². The molecular weight excluding hydrogens is 386 g/mol. The zero-order valence-electron chi connectivity index (χ0n) is 15.4. The molecular formula is C19H20ClN3O5. The van der Waals surface area contributed by atoms with Crippen LogP contribution >= 0.6 is 11.6 Å². The first-order valence-electron chi connectivity index (χ1n) is 8.62. The standard InChI is InChI=1S/C19H20ClN3O5/c1-3-10-21-18(24)12(2)22-19(25)13-4-7-15(8-5-13)28-17-9-6-14(20)11-16(17)23(26)27/h4-9,11-12H,3,10H2,1-2H3,(H,21,24)(H,22,25)/t12-/m0/s1. The molecule has 0 spiro atoms. The van der Waals surface area contributed by atoms with Crippen LogP contribution in [0.25, 0.3) is 0 Å². The van der Waals surface area contributed by atoms with Crippen molar-refractivity contribution in [3.63, 3.8) is 0 Å². The summed E-state index contributed by atoms with van der Waals surface area (Å²) >= 11 is 5.78. The Morgan fingerprint density at radius 2 is 1.89 bits per heavy atom. The van der Waals surface area contributed by atoms with E-state index in [-0.39, 0.29) is 22.4 Å². The molecule has 148 valence electrons. The third kappa shape index (κ3) is 5.68. The van der Waals surface area contributed by atoms with Crippen molar-refractivity contribution < 1.29 is 19.2 Å². The van der Waals surface area contributed by atoms with Gasteiger partial charge < -0.3 is 15.4 Å². The number of carbonyl (C=O) groups is 2. The fraction of sp³-hybridized carbons (Fsp3) is 0.263. The first kappa shape index (κ1) is 21.2. The van der Waals surface area contributed by atoms with Crippen LogP contribution in [0.3, 0.4) is 0 Å². The van der Waals surface area contributed by atoms with E-state index in [1.54, 1.807) is 6.92 Å². The zero-order chi connectivity index (χ0) is 20.7. The average Bonchev–Trinajstić information content (AvgIpc) is 2.67. The number of hydrogen-bond donors (Lipinski definition) is 2. The first-order chi connectivity index (χ1) is 13.3. The maximum Gasteiger partial charge on any atom is 0.313 e.